The number of carbonyl (C=O) groups is 2. The van der Waals surface area contributed by atoms with Crippen molar-refractivity contribution >= 4 is 22.8 Å². The van der Waals surface area contributed by atoms with E-state index >= 15 is 0 Å². The number of hydrogen-bond acceptors (Lipinski definition) is 5. The van der Waals surface area contributed by atoms with Gasteiger partial charge in [-0.3, -0.25) is 4.79 Å². The Labute approximate surface area is 181 Å². The van der Waals surface area contributed by atoms with Crippen molar-refractivity contribution in [3.05, 3.63) is 65.9 Å². The SMILES string of the molecule is CC1CCN(C(=O)[C@H](C)OC(=O)c2oc3ccccc3c2COc2ccccc2)CC1. The number of fused-ring (bicyclic) bond motifs is 1. The Morgan fingerprint density at radius 2 is 1.74 bits per heavy atom. The number of hydrogen-bond donors (Lipinski definition) is 0. The highest BCUT2D eigenvalue weighted by atomic mass is 16.6. The molecule has 1 saturated heterocycles. The van der Waals surface area contributed by atoms with Crippen molar-refractivity contribution in [2.24, 2.45) is 5.92 Å². The predicted molar refractivity (Wildman–Crippen MR) is 117 cm³/mol. The van der Waals surface area contributed by atoms with Crippen LogP contribution in [0.5, 0.6) is 5.75 Å². The van der Waals surface area contributed by atoms with Crippen LogP contribution >= 0.6 is 0 Å². The van der Waals surface area contributed by atoms with Gasteiger partial charge in [0.2, 0.25) is 5.76 Å². The van der Waals surface area contributed by atoms with Crippen LogP contribution in [0.1, 0.15) is 42.8 Å². The van der Waals surface area contributed by atoms with E-state index in [1.165, 1.54) is 0 Å². The van der Waals surface area contributed by atoms with Crippen LogP contribution in [0, 0.1) is 5.92 Å². The third-order valence-corrected chi connectivity index (χ3v) is 5.74. The molecular formula is C25H27NO5. The van der Waals surface area contributed by atoms with Gasteiger partial charge in [0.1, 0.15) is 17.9 Å². The van der Waals surface area contributed by atoms with Gasteiger partial charge in [0.05, 0.1) is 5.56 Å². The Hall–Kier alpha value is -3.28. The summed E-state index contributed by atoms with van der Waals surface area (Å²) in [5.74, 6) is 0.552. The second kappa shape index (κ2) is 9.25. The van der Waals surface area contributed by atoms with E-state index in [1.54, 1.807) is 17.9 Å². The standard InChI is InChI=1S/C25H27NO5/c1-17-12-14-26(15-13-17)24(27)18(2)30-25(28)23-21(16-29-19-8-4-3-5-9-19)20-10-6-7-11-22(20)31-23/h3-11,17-18H,12-16H2,1-2H3/t18-/m0/s1. The van der Waals surface area contributed by atoms with E-state index in [9.17, 15) is 9.59 Å². The molecule has 1 aliphatic rings. The molecule has 2 heterocycles. The molecule has 2 aromatic carbocycles. The Morgan fingerprint density at radius 1 is 1.06 bits per heavy atom. The number of furan rings is 1. The normalized spacial score (nSPS) is 15.6. The van der Waals surface area contributed by atoms with E-state index in [0.717, 1.165) is 18.2 Å². The molecule has 3 aromatic rings. The monoisotopic (exact) mass is 421 g/mol. The molecule has 0 spiro atoms. The predicted octanol–water partition coefficient (Wildman–Crippen LogP) is 4.82. The van der Waals surface area contributed by atoms with Gasteiger partial charge in [0, 0.05) is 18.5 Å². The van der Waals surface area contributed by atoms with Crippen molar-refractivity contribution in [3.8, 4) is 5.75 Å². The molecule has 1 fully saturated rings. The Balaban J connectivity index is 1.51. The first-order chi connectivity index (χ1) is 15.0. The zero-order chi connectivity index (χ0) is 21.8. The summed E-state index contributed by atoms with van der Waals surface area (Å²) in [7, 11) is 0. The minimum atomic E-state index is -0.878. The van der Waals surface area contributed by atoms with Crippen LogP contribution in [0.15, 0.2) is 59.0 Å². The largest absolute Gasteiger partial charge is 0.489 e. The second-order valence-corrected chi connectivity index (χ2v) is 8.06. The van der Waals surface area contributed by atoms with Crippen molar-refractivity contribution < 1.29 is 23.5 Å². The first-order valence-electron chi connectivity index (χ1n) is 10.7. The summed E-state index contributed by atoms with van der Waals surface area (Å²) < 4.78 is 17.2. The molecule has 1 atom stereocenters. The van der Waals surface area contributed by atoms with Crippen molar-refractivity contribution in [2.45, 2.75) is 39.4 Å². The molecule has 1 amide bonds. The van der Waals surface area contributed by atoms with Gasteiger partial charge in [-0.05, 0) is 43.9 Å². The Morgan fingerprint density at radius 3 is 2.48 bits per heavy atom. The molecule has 1 aliphatic heterocycles. The number of likely N-dealkylation sites (tertiary alicyclic amines) is 1. The van der Waals surface area contributed by atoms with Crippen LogP contribution < -0.4 is 4.74 Å². The fourth-order valence-electron chi connectivity index (χ4n) is 3.83. The molecule has 0 N–H and O–H groups in total. The second-order valence-electron chi connectivity index (χ2n) is 8.06. The number of para-hydroxylation sites is 2. The van der Waals surface area contributed by atoms with Gasteiger partial charge in [0.25, 0.3) is 5.91 Å². The van der Waals surface area contributed by atoms with E-state index in [-0.39, 0.29) is 18.3 Å². The molecule has 4 rings (SSSR count). The van der Waals surface area contributed by atoms with E-state index in [1.807, 2.05) is 48.5 Å². The number of esters is 1. The highest BCUT2D eigenvalue weighted by Crippen LogP contribution is 2.28. The summed E-state index contributed by atoms with van der Waals surface area (Å²) in [5, 5.41) is 0.786. The molecule has 0 unspecified atom stereocenters. The molecule has 6 heteroatoms. The lowest BCUT2D eigenvalue weighted by Crippen LogP contribution is -2.44. The minimum Gasteiger partial charge on any atom is -0.489 e. The molecule has 31 heavy (non-hydrogen) atoms. The maximum absolute atomic E-state index is 13.0. The fourth-order valence-corrected chi connectivity index (χ4v) is 3.83. The number of amides is 1. The first kappa shape index (κ1) is 21.0. The lowest BCUT2D eigenvalue weighted by molar-refractivity contribution is -0.141. The number of carbonyl (C=O) groups excluding carboxylic acids is 2. The fraction of sp³-hybridized carbons (Fsp3) is 0.360. The summed E-state index contributed by atoms with van der Waals surface area (Å²) in [6.07, 6.45) is 1.06. The van der Waals surface area contributed by atoms with Crippen LogP contribution in [-0.2, 0) is 16.1 Å². The molecule has 0 saturated carbocycles. The highest BCUT2D eigenvalue weighted by molar-refractivity contribution is 5.97. The van der Waals surface area contributed by atoms with Crippen molar-refractivity contribution in [3.63, 3.8) is 0 Å². The minimum absolute atomic E-state index is 0.0732. The van der Waals surface area contributed by atoms with Gasteiger partial charge in [-0.1, -0.05) is 43.3 Å². The number of benzene rings is 2. The van der Waals surface area contributed by atoms with Gasteiger partial charge in [-0.25, -0.2) is 4.79 Å². The van der Waals surface area contributed by atoms with Crippen LogP contribution in [-0.4, -0.2) is 36.0 Å². The van der Waals surface area contributed by atoms with Crippen molar-refractivity contribution in [2.75, 3.05) is 13.1 Å². The van der Waals surface area contributed by atoms with E-state index in [0.29, 0.717) is 35.9 Å². The topological polar surface area (TPSA) is 69.0 Å². The summed E-state index contributed by atoms with van der Waals surface area (Å²) in [6.45, 7) is 5.34. The van der Waals surface area contributed by atoms with Gasteiger partial charge >= 0.3 is 5.97 Å². The van der Waals surface area contributed by atoms with E-state index in [2.05, 4.69) is 6.92 Å². The van der Waals surface area contributed by atoms with Gasteiger partial charge < -0.3 is 18.8 Å². The molecule has 0 radical (unpaired) electrons. The summed E-state index contributed by atoms with van der Waals surface area (Å²) in [6, 6.07) is 16.8. The smallest absolute Gasteiger partial charge is 0.375 e. The molecule has 0 bridgehead atoms. The Kier molecular flexibility index (Phi) is 6.26. The van der Waals surface area contributed by atoms with Crippen LogP contribution in [0.4, 0.5) is 0 Å². The zero-order valence-electron chi connectivity index (χ0n) is 17.9. The highest BCUT2D eigenvalue weighted by Gasteiger charge is 2.30. The van der Waals surface area contributed by atoms with E-state index in [4.69, 9.17) is 13.9 Å². The molecule has 0 aliphatic carbocycles. The summed E-state index contributed by atoms with van der Waals surface area (Å²) >= 11 is 0. The average Bonchev–Trinajstić information content (AvgIpc) is 3.17. The number of nitrogens with zero attached hydrogens (tertiary/aromatic N) is 1. The molecular weight excluding hydrogens is 394 g/mol. The number of ether oxygens (including phenoxy) is 2. The maximum Gasteiger partial charge on any atom is 0.375 e. The molecule has 1 aromatic heterocycles. The average molecular weight is 421 g/mol. The molecule has 6 nitrogen and oxygen atoms in total. The van der Waals surface area contributed by atoms with E-state index < -0.39 is 12.1 Å². The van der Waals surface area contributed by atoms with Crippen molar-refractivity contribution in [1.29, 1.82) is 0 Å². The van der Waals surface area contributed by atoms with Crippen LogP contribution in [0.3, 0.4) is 0 Å². The summed E-state index contributed by atoms with van der Waals surface area (Å²) in [4.78, 5) is 27.5. The lowest BCUT2D eigenvalue weighted by atomic mass is 9.99. The third-order valence-electron chi connectivity index (χ3n) is 5.74. The zero-order valence-corrected chi connectivity index (χ0v) is 17.9. The number of piperidine rings is 1. The third kappa shape index (κ3) is 4.74. The quantitative estimate of drug-likeness (QED) is 0.534. The van der Waals surface area contributed by atoms with Gasteiger partial charge in [-0.15, -0.1) is 0 Å². The summed E-state index contributed by atoms with van der Waals surface area (Å²) in [5.41, 5.74) is 1.18. The number of rotatable bonds is 6. The van der Waals surface area contributed by atoms with Gasteiger partial charge in [-0.2, -0.15) is 0 Å². The van der Waals surface area contributed by atoms with Crippen LogP contribution in [0.25, 0.3) is 11.0 Å². The van der Waals surface area contributed by atoms with Gasteiger partial charge in [0.15, 0.2) is 6.10 Å². The lowest BCUT2D eigenvalue weighted by Gasteiger charge is -2.31. The molecule has 162 valence electrons. The first-order valence-corrected chi connectivity index (χ1v) is 10.7. The Bertz CT molecular complexity index is 1050. The maximum atomic E-state index is 13.0. The van der Waals surface area contributed by atoms with Crippen LogP contribution in [0.2, 0.25) is 0 Å². The van der Waals surface area contributed by atoms with Crippen molar-refractivity contribution in [1.82, 2.24) is 4.90 Å².